The first-order chi connectivity index (χ1) is 17.4. The highest BCUT2D eigenvalue weighted by Gasteiger charge is 2.47. The lowest BCUT2D eigenvalue weighted by Gasteiger charge is -2.37. The van der Waals surface area contributed by atoms with Crippen LogP contribution in [0.4, 0.5) is 14.9 Å². The van der Waals surface area contributed by atoms with Gasteiger partial charge in [0.15, 0.2) is 0 Å². The maximum atomic E-state index is 13.5. The summed E-state index contributed by atoms with van der Waals surface area (Å²) in [5, 5.41) is 9.76. The third kappa shape index (κ3) is 4.81. The summed E-state index contributed by atoms with van der Waals surface area (Å²) in [6.45, 7) is 1.98. The molecule has 1 amide bonds. The summed E-state index contributed by atoms with van der Waals surface area (Å²) in [6.07, 6.45) is 0.933. The Labute approximate surface area is 213 Å². The molecule has 2 saturated heterocycles. The topological polar surface area (TPSA) is 70.1 Å². The number of halogens is 2. The van der Waals surface area contributed by atoms with Crippen molar-refractivity contribution in [3.63, 3.8) is 0 Å². The molecule has 5 rings (SSSR count). The molecule has 1 N–H and O–H groups in total. The number of carboxylic acid groups (broad SMARTS) is 1. The normalized spacial score (nSPS) is 17.4. The number of aromatic carboxylic acids is 1. The zero-order valence-electron chi connectivity index (χ0n) is 19.6. The predicted octanol–water partition coefficient (Wildman–Crippen LogP) is 6.17. The van der Waals surface area contributed by atoms with Gasteiger partial charge in [-0.3, -0.25) is 9.80 Å². The summed E-state index contributed by atoms with van der Waals surface area (Å²) >= 11 is 6.46. The van der Waals surface area contributed by atoms with Gasteiger partial charge in [-0.15, -0.1) is 0 Å². The molecule has 0 bridgehead atoms. The fourth-order valence-electron chi connectivity index (χ4n) is 5.03. The molecule has 2 aliphatic heterocycles. The highest BCUT2D eigenvalue weighted by molar-refractivity contribution is 6.33. The van der Waals surface area contributed by atoms with Gasteiger partial charge >= 0.3 is 12.1 Å². The monoisotopic (exact) mass is 508 g/mol. The maximum Gasteiger partial charge on any atom is 0.415 e. The Morgan fingerprint density at radius 3 is 2.42 bits per heavy atom. The Balaban J connectivity index is 1.29. The minimum Gasteiger partial charge on any atom is -0.478 e. The zero-order chi connectivity index (χ0) is 25.3. The molecule has 0 aromatic heterocycles. The summed E-state index contributed by atoms with van der Waals surface area (Å²) in [6, 6.07) is 19.5. The molecule has 1 spiro atoms. The van der Waals surface area contributed by atoms with E-state index in [9.17, 15) is 14.0 Å². The SMILES string of the molecule is O=C(O)c1ccc(N2CC3(CCN(Cc4cc(CF)ccc4-c4ccccc4Cl)CC3)OC2=O)cc1. The molecule has 6 nitrogen and oxygen atoms in total. The average Bonchev–Trinajstić information content (AvgIpc) is 3.21. The van der Waals surface area contributed by atoms with E-state index in [1.54, 1.807) is 23.1 Å². The van der Waals surface area contributed by atoms with Gasteiger partial charge in [0, 0.05) is 48.7 Å². The first-order valence-corrected chi connectivity index (χ1v) is 12.2. The van der Waals surface area contributed by atoms with Crippen LogP contribution in [-0.4, -0.2) is 47.3 Å². The van der Waals surface area contributed by atoms with Gasteiger partial charge in [0.25, 0.3) is 0 Å². The highest BCUT2D eigenvalue weighted by atomic mass is 35.5. The molecule has 0 saturated carbocycles. The zero-order valence-corrected chi connectivity index (χ0v) is 20.4. The van der Waals surface area contributed by atoms with Crippen molar-refractivity contribution < 1.29 is 23.8 Å². The van der Waals surface area contributed by atoms with Crippen LogP contribution in [0.1, 0.15) is 34.3 Å². The van der Waals surface area contributed by atoms with Crippen LogP contribution in [0.3, 0.4) is 0 Å². The number of nitrogens with zero attached hydrogens (tertiary/aromatic N) is 2. The molecule has 0 aliphatic carbocycles. The summed E-state index contributed by atoms with van der Waals surface area (Å²) in [7, 11) is 0. The largest absolute Gasteiger partial charge is 0.478 e. The molecular formula is C28H26ClFN2O4. The van der Waals surface area contributed by atoms with Crippen molar-refractivity contribution >= 4 is 29.4 Å². The van der Waals surface area contributed by atoms with Crippen molar-refractivity contribution in [2.75, 3.05) is 24.5 Å². The second-order valence-electron chi connectivity index (χ2n) is 9.37. The number of rotatable bonds is 6. The number of ether oxygens (including phenoxy) is 1. The lowest BCUT2D eigenvalue weighted by Crippen LogP contribution is -2.46. The lowest BCUT2D eigenvalue weighted by molar-refractivity contribution is -0.000948. The summed E-state index contributed by atoms with van der Waals surface area (Å²) < 4.78 is 19.3. The molecule has 8 heteroatoms. The van der Waals surface area contributed by atoms with Crippen LogP contribution in [0.25, 0.3) is 11.1 Å². The summed E-state index contributed by atoms with van der Waals surface area (Å²) in [5.74, 6) is -1.01. The molecule has 3 aromatic rings. The predicted molar refractivity (Wildman–Crippen MR) is 136 cm³/mol. The van der Waals surface area contributed by atoms with Crippen LogP contribution >= 0.6 is 11.6 Å². The maximum absolute atomic E-state index is 13.5. The van der Waals surface area contributed by atoms with E-state index >= 15 is 0 Å². The number of hydrogen-bond acceptors (Lipinski definition) is 4. The van der Waals surface area contributed by atoms with Crippen LogP contribution < -0.4 is 4.90 Å². The first-order valence-electron chi connectivity index (χ1n) is 11.9. The van der Waals surface area contributed by atoms with E-state index in [1.165, 1.54) is 12.1 Å². The minimum atomic E-state index is -1.01. The van der Waals surface area contributed by atoms with Crippen molar-refractivity contribution in [2.24, 2.45) is 0 Å². The molecule has 36 heavy (non-hydrogen) atoms. The number of anilines is 1. The number of alkyl halides is 1. The van der Waals surface area contributed by atoms with Crippen molar-refractivity contribution in [3.8, 4) is 11.1 Å². The van der Waals surface area contributed by atoms with Gasteiger partial charge in [0.1, 0.15) is 12.3 Å². The van der Waals surface area contributed by atoms with Crippen molar-refractivity contribution in [1.82, 2.24) is 4.90 Å². The minimum absolute atomic E-state index is 0.169. The standard InChI is InChI=1S/C28H26ClFN2O4/c29-25-4-2-1-3-24(25)23-10-5-19(16-30)15-21(23)17-31-13-11-28(12-14-31)18-32(27(35)36-28)22-8-6-20(7-9-22)26(33)34/h1-10,15H,11-14,16-18H2,(H,33,34). The van der Waals surface area contributed by atoms with E-state index < -0.39 is 24.3 Å². The van der Waals surface area contributed by atoms with Crippen molar-refractivity contribution in [1.29, 1.82) is 0 Å². The third-order valence-electron chi connectivity index (χ3n) is 7.05. The van der Waals surface area contributed by atoms with Gasteiger partial charge in [-0.25, -0.2) is 14.0 Å². The molecule has 2 aliphatic rings. The van der Waals surface area contributed by atoms with E-state index in [1.807, 2.05) is 36.4 Å². The van der Waals surface area contributed by atoms with Gasteiger partial charge in [-0.05, 0) is 47.0 Å². The van der Waals surface area contributed by atoms with Gasteiger partial charge < -0.3 is 9.84 Å². The first kappa shape index (κ1) is 24.3. The number of carbonyl (C=O) groups is 2. The fourth-order valence-corrected chi connectivity index (χ4v) is 5.27. The Kier molecular flexibility index (Phi) is 6.69. The van der Waals surface area contributed by atoms with E-state index in [4.69, 9.17) is 21.4 Å². The smallest absolute Gasteiger partial charge is 0.415 e. The molecule has 2 heterocycles. The van der Waals surface area contributed by atoms with Gasteiger partial charge in [0.05, 0.1) is 12.1 Å². The van der Waals surface area contributed by atoms with Crippen LogP contribution in [0.15, 0.2) is 66.7 Å². The Morgan fingerprint density at radius 1 is 1.03 bits per heavy atom. The van der Waals surface area contributed by atoms with Gasteiger partial charge in [-0.1, -0.05) is 48.0 Å². The third-order valence-corrected chi connectivity index (χ3v) is 7.38. The number of carbonyl (C=O) groups excluding carboxylic acids is 1. The number of amides is 1. The van der Waals surface area contributed by atoms with Gasteiger partial charge in [-0.2, -0.15) is 0 Å². The van der Waals surface area contributed by atoms with Crippen LogP contribution in [0.5, 0.6) is 0 Å². The number of likely N-dealkylation sites (tertiary alicyclic amines) is 1. The van der Waals surface area contributed by atoms with E-state index in [0.29, 0.717) is 42.2 Å². The second-order valence-corrected chi connectivity index (χ2v) is 9.78. The van der Waals surface area contributed by atoms with Crippen molar-refractivity contribution in [3.05, 3.63) is 88.4 Å². The highest BCUT2D eigenvalue weighted by Crippen LogP contribution is 2.37. The van der Waals surface area contributed by atoms with Crippen molar-refractivity contribution in [2.45, 2.75) is 31.7 Å². The molecule has 0 atom stereocenters. The number of piperidine rings is 1. The summed E-state index contributed by atoms with van der Waals surface area (Å²) in [5.41, 5.74) is 3.76. The van der Waals surface area contributed by atoms with Crippen LogP contribution in [0.2, 0.25) is 5.02 Å². The molecule has 0 radical (unpaired) electrons. The summed E-state index contributed by atoms with van der Waals surface area (Å²) in [4.78, 5) is 27.7. The molecule has 3 aromatic carbocycles. The lowest BCUT2D eigenvalue weighted by atomic mass is 9.90. The van der Waals surface area contributed by atoms with E-state index in [0.717, 1.165) is 29.8 Å². The molecule has 2 fully saturated rings. The van der Waals surface area contributed by atoms with Crippen LogP contribution in [-0.2, 0) is 18.0 Å². The van der Waals surface area contributed by atoms with Crippen LogP contribution in [0, 0.1) is 0 Å². The second kappa shape index (κ2) is 9.91. The van der Waals surface area contributed by atoms with E-state index in [-0.39, 0.29) is 5.56 Å². The Bertz CT molecular complexity index is 1290. The average molecular weight is 509 g/mol. The fraction of sp³-hybridized carbons (Fsp3) is 0.286. The van der Waals surface area contributed by atoms with E-state index in [2.05, 4.69) is 4.90 Å². The van der Waals surface area contributed by atoms with Gasteiger partial charge in [0.2, 0.25) is 0 Å². The Hall–Kier alpha value is -3.42. The number of carboxylic acids is 1. The number of hydrogen-bond donors (Lipinski definition) is 1. The number of benzene rings is 3. The molecule has 186 valence electrons. The molecule has 0 unspecified atom stereocenters. The quantitative estimate of drug-likeness (QED) is 0.431. The Morgan fingerprint density at radius 2 is 1.75 bits per heavy atom. The molecular weight excluding hydrogens is 483 g/mol.